The highest BCUT2D eigenvalue weighted by molar-refractivity contribution is 9.10. The topological polar surface area (TPSA) is 58.6 Å². The number of halogens is 2. The maximum absolute atomic E-state index is 13.4. The lowest BCUT2D eigenvalue weighted by atomic mass is 9.95. The van der Waals surface area contributed by atoms with Crippen LogP contribution in [0.5, 0.6) is 5.75 Å². The zero-order chi connectivity index (χ0) is 24.7. The second-order valence-corrected chi connectivity index (χ2v) is 10.2. The van der Waals surface area contributed by atoms with E-state index < -0.39 is 6.04 Å². The first-order chi connectivity index (χ1) is 16.3. The number of hydrogen-bond acceptors (Lipinski definition) is 3. The Hall–Kier alpha value is -2.05. The molecule has 1 fully saturated rings. The first-order valence-corrected chi connectivity index (χ1v) is 13.2. The summed E-state index contributed by atoms with van der Waals surface area (Å²) in [6.07, 6.45) is 5.96. The van der Waals surface area contributed by atoms with Crippen LogP contribution in [0.2, 0.25) is 5.02 Å². The van der Waals surface area contributed by atoms with Crippen molar-refractivity contribution in [1.29, 1.82) is 0 Å². The van der Waals surface area contributed by atoms with Crippen LogP contribution in [0.25, 0.3) is 0 Å². The second kappa shape index (κ2) is 12.6. The average molecular weight is 550 g/mol. The van der Waals surface area contributed by atoms with Gasteiger partial charge >= 0.3 is 0 Å². The van der Waals surface area contributed by atoms with Crippen LogP contribution in [0.3, 0.4) is 0 Å². The van der Waals surface area contributed by atoms with Gasteiger partial charge in [-0.1, -0.05) is 71.9 Å². The van der Waals surface area contributed by atoms with E-state index in [0.717, 1.165) is 46.8 Å². The maximum atomic E-state index is 13.4. The lowest BCUT2D eigenvalue weighted by molar-refractivity contribution is -0.143. The summed E-state index contributed by atoms with van der Waals surface area (Å²) in [7, 11) is 0. The largest absolute Gasteiger partial charge is 0.484 e. The first kappa shape index (κ1) is 26.6. The van der Waals surface area contributed by atoms with Crippen LogP contribution in [0, 0.1) is 13.8 Å². The van der Waals surface area contributed by atoms with Crippen molar-refractivity contribution >= 4 is 39.3 Å². The minimum Gasteiger partial charge on any atom is -0.484 e. The summed E-state index contributed by atoms with van der Waals surface area (Å²) in [5, 5.41) is 3.76. The Balaban J connectivity index is 1.79. The molecule has 0 bridgehead atoms. The molecule has 2 aromatic carbocycles. The Morgan fingerprint density at radius 2 is 1.79 bits per heavy atom. The minimum atomic E-state index is -0.595. The number of benzene rings is 2. The van der Waals surface area contributed by atoms with Gasteiger partial charge in [-0.25, -0.2) is 0 Å². The molecule has 0 aliphatic heterocycles. The molecule has 1 atom stereocenters. The van der Waals surface area contributed by atoms with Crippen molar-refractivity contribution in [3.05, 3.63) is 62.6 Å². The SMILES string of the molecule is CC[C@H](C(=O)NC1CCCCC1)N(Cc1ccccc1Cl)C(=O)COc1cc(C)c(Br)c(C)c1. The van der Waals surface area contributed by atoms with E-state index in [1.807, 2.05) is 51.1 Å². The molecule has 0 heterocycles. The lowest BCUT2D eigenvalue weighted by Crippen LogP contribution is -2.52. The summed E-state index contributed by atoms with van der Waals surface area (Å²) in [6, 6.07) is 10.8. The van der Waals surface area contributed by atoms with Crippen molar-refractivity contribution in [1.82, 2.24) is 10.2 Å². The second-order valence-electron chi connectivity index (χ2n) is 9.04. The smallest absolute Gasteiger partial charge is 0.261 e. The molecule has 0 aromatic heterocycles. The Morgan fingerprint density at radius 3 is 2.41 bits per heavy atom. The highest BCUT2D eigenvalue weighted by Gasteiger charge is 2.31. The van der Waals surface area contributed by atoms with E-state index >= 15 is 0 Å². The molecule has 0 saturated heterocycles. The third-order valence-electron chi connectivity index (χ3n) is 6.41. The van der Waals surface area contributed by atoms with Crippen molar-refractivity contribution in [2.24, 2.45) is 0 Å². The summed E-state index contributed by atoms with van der Waals surface area (Å²) < 4.78 is 6.91. The minimum absolute atomic E-state index is 0.106. The third-order valence-corrected chi connectivity index (χ3v) is 8.03. The molecule has 2 amide bonds. The molecule has 1 saturated carbocycles. The standard InChI is InChI=1S/C27H34BrClN2O3/c1-4-24(27(33)30-21-11-6-5-7-12-21)31(16-20-10-8-9-13-23(20)29)25(32)17-34-22-14-18(2)26(28)19(3)15-22/h8-10,13-15,21,24H,4-7,11-12,16-17H2,1-3H3,(H,30,33)/t24-/m1/s1. The molecular formula is C27H34BrClN2O3. The van der Waals surface area contributed by atoms with E-state index in [-0.39, 0.29) is 31.0 Å². The predicted octanol–water partition coefficient (Wildman–Crippen LogP) is 6.35. The van der Waals surface area contributed by atoms with Crippen molar-refractivity contribution in [2.75, 3.05) is 6.61 Å². The van der Waals surface area contributed by atoms with Crippen LogP contribution in [-0.2, 0) is 16.1 Å². The van der Waals surface area contributed by atoms with Gasteiger partial charge in [-0.2, -0.15) is 0 Å². The van der Waals surface area contributed by atoms with Gasteiger partial charge in [0.25, 0.3) is 5.91 Å². The van der Waals surface area contributed by atoms with Crippen molar-refractivity contribution in [3.8, 4) is 5.75 Å². The number of amides is 2. The Labute approximate surface area is 216 Å². The number of nitrogens with one attached hydrogen (secondary N) is 1. The average Bonchev–Trinajstić information content (AvgIpc) is 2.82. The summed E-state index contributed by atoms with van der Waals surface area (Å²) in [4.78, 5) is 28.3. The van der Waals surface area contributed by atoms with Crippen molar-refractivity contribution < 1.29 is 14.3 Å². The zero-order valence-electron chi connectivity index (χ0n) is 20.2. The summed E-state index contributed by atoms with van der Waals surface area (Å²) >= 11 is 9.96. The summed E-state index contributed by atoms with van der Waals surface area (Å²) in [5.74, 6) is 0.276. The number of nitrogens with zero attached hydrogens (tertiary/aromatic N) is 1. The molecule has 184 valence electrons. The van der Waals surface area contributed by atoms with Gasteiger partial charge in [-0.05, 0) is 68.0 Å². The maximum Gasteiger partial charge on any atom is 0.261 e. The first-order valence-electron chi connectivity index (χ1n) is 12.0. The molecule has 1 aliphatic rings. The zero-order valence-corrected chi connectivity index (χ0v) is 22.5. The van der Waals surface area contributed by atoms with Crippen LogP contribution in [0.15, 0.2) is 40.9 Å². The normalized spacial score (nSPS) is 15.0. The molecule has 0 radical (unpaired) electrons. The van der Waals surface area contributed by atoms with E-state index in [2.05, 4.69) is 21.2 Å². The number of hydrogen-bond donors (Lipinski definition) is 1. The van der Waals surface area contributed by atoms with E-state index in [9.17, 15) is 9.59 Å². The molecular weight excluding hydrogens is 516 g/mol. The fourth-order valence-corrected chi connectivity index (χ4v) is 4.92. The third kappa shape index (κ3) is 6.98. The molecule has 0 spiro atoms. The molecule has 1 N–H and O–H groups in total. The fraction of sp³-hybridized carbons (Fsp3) is 0.481. The highest BCUT2D eigenvalue weighted by Crippen LogP contribution is 2.27. The highest BCUT2D eigenvalue weighted by atomic mass is 79.9. The van der Waals surface area contributed by atoms with E-state index in [0.29, 0.717) is 17.2 Å². The molecule has 0 unspecified atom stereocenters. The van der Waals surface area contributed by atoms with E-state index in [1.54, 1.807) is 11.0 Å². The van der Waals surface area contributed by atoms with Crippen LogP contribution in [-0.4, -0.2) is 35.4 Å². The van der Waals surface area contributed by atoms with Gasteiger partial charge in [0.2, 0.25) is 5.91 Å². The molecule has 1 aliphatic carbocycles. The van der Waals surface area contributed by atoms with Crippen molar-refractivity contribution in [3.63, 3.8) is 0 Å². The van der Waals surface area contributed by atoms with Crippen LogP contribution < -0.4 is 10.1 Å². The van der Waals surface area contributed by atoms with Gasteiger partial charge in [-0.3, -0.25) is 9.59 Å². The van der Waals surface area contributed by atoms with Gasteiger partial charge in [0.05, 0.1) is 0 Å². The molecule has 5 nitrogen and oxygen atoms in total. The van der Waals surface area contributed by atoms with Gasteiger partial charge in [0.1, 0.15) is 11.8 Å². The monoisotopic (exact) mass is 548 g/mol. The van der Waals surface area contributed by atoms with Crippen LogP contribution in [0.1, 0.15) is 62.1 Å². The quantitative estimate of drug-likeness (QED) is 0.396. The summed E-state index contributed by atoms with van der Waals surface area (Å²) in [5.41, 5.74) is 2.87. The van der Waals surface area contributed by atoms with E-state index in [4.69, 9.17) is 16.3 Å². The lowest BCUT2D eigenvalue weighted by Gasteiger charge is -2.33. The van der Waals surface area contributed by atoms with Crippen molar-refractivity contribution in [2.45, 2.75) is 77.9 Å². The fourth-order valence-electron chi connectivity index (χ4n) is 4.49. The number of rotatable bonds is 9. The number of carbonyl (C=O) groups is 2. The molecule has 7 heteroatoms. The van der Waals surface area contributed by atoms with E-state index in [1.165, 1.54) is 6.42 Å². The van der Waals surface area contributed by atoms with Gasteiger partial charge in [0, 0.05) is 22.1 Å². The van der Waals surface area contributed by atoms with Gasteiger partial charge < -0.3 is 15.0 Å². The molecule has 3 rings (SSSR count). The summed E-state index contributed by atoms with van der Waals surface area (Å²) in [6.45, 7) is 5.99. The van der Waals surface area contributed by atoms with Crippen LogP contribution >= 0.6 is 27.5 Å². The predicted molar refractivity (Wildman–Crippen MR) is 140 cm³/mol. The molecule has 34 heavy (non-hydrogen) atoms. The molecule has 2 aromatic rings. The Bertz CT molecular complexity index is 984. The number of aryl methyl sites for hydroxylation is 2. The number of ether oxygens (including phenoxy) is 1. The Kier molecular flexibility index (Phi) is 9.84. The Morgan fingerprint density at radius 1 is 1.15 bits per heavy atom. The van der Waals surface area contributed by atoms with Crippen LogP contribution in [0.4, 0.5) is 0 Å². The van der Waals surface area contributed by atoms with Gasteiger partial charge in [0.15, 0.2) is 6.61 Å². The van der Waals surface area contributed by atoms with Gasteiger partial charge in [-0.15, -0.1) is 0 Å². The number of carbonyl (C=O) groups excluding carboxylic acids is 2.